The van der Waals surface area contributed by atoms with Crippen molar-refractivity contribution in [1.82, 2.24) is 9.97 Å². The third-order valence-corrected chi connectivity index (χ3v) is 2.15. The number of hydrogen-bond acceptors (Lipinski definition) is 3. The van der Waals surface area contributed by atoms with Gasteiger partial charge in [-0.05, 0) is 12.1 Å². The van der Waals surface area contributed by atoms with E-state index >= 15 is 0 Å². The maximum Gasteiger partial charge on any atom is 0.132 e. The number of aromatic nitrogens is 2. The molecule has 2 heterocycles. The third kappa shape index (κ3) is 16.9. The molecule has 18 heavy (non-hydrogen) atoms. The van der Waals surface area contributed by atoms with Gasteiger partial charge in [-0.3, -0.25) is 19.2 Å². The van der Waals surface area contributed by atoms with E-state index in [1.54, 1.807) is 23.0 Å². The molecule has 0 radical (unpaired) electrons. The SMILES string of the molecule is CCC(=O)CC.F.F.c1cc[nH]c1.c1cscn1. The number of nitrogens with one attached hydrogen (secondary N) is 1. The van der Waals surface area contributed by atoms with Gasteiger partial charge in [0.1, 0.15) is 5.78 Å². The molecule has 0 aliphatic rings. The van der Waals surface area contributed by atoms with Crippen LogP contribution in [0.2, 0.25) is 0 Å². The summed E-state index contributed by atoms with van der Waals surface area (Å²) in [6.07, 6.45) is 6.90. The van der Waals surface area contributed by atoms with Crippen LogP contribution in [0.1, 0.15) is 26.7 Å². The van der Waals surface area contributed by atoms with E-state index in [0.717, 1.165) is 0 Å². The summed E-state index contributed by atoms with van der Waals surface area (Å²) in [4.78, 5) is 16.8. The van der Waals surface area contributed by atoms with Crippen molar-refractivity contribution in [3.8, 4) is 0 Å². The van der Waals surface area contributed by atoms with E-state index in [2.05, 4.69) is 9.97 Å². The quantitative estimate of drug-likeness (QED) is 0.907. The van der Waals surface area contributed by atoms with Crippen LogP contribution >= 0.6 is 11.3 Å². The second kappa shape index (κ2) is 17.8. The number of nitrogens with zero attached hydrogens (tertiary/aromatic N) is 1. The molecular formula is C12H20F2N2OS. The van der Waals surface area contributed by atoms with Crippen LogP contribution in [0.15, 0.2) is 41.6 Å². The number of thiazole rings is 1. The lowest BCUT2D eigenvalue weighted by Gasteiger charge is -1.81. The third-order valence-electron chi connectivity index (χ3n) is 1.63. The molecule has 0 bridgehead atoms. The lowest BCUT2D eigenvalue weighted by atomic mass is 10.3. The standard InChI is InChI=1S/C5H10O.C4H5N.C3H3NS.2FH/c1-3-5(6)4-2;1-2-4-5-3-1;1-2-5-3-4-1;;/h3-4H2,1-2H3;1-5H;1-3H;2*1H. The van der Waals surface area contributed by atoms with Crippen molar-refractivity contribution in [3.63, 3.8) is 0 Å². The lowest BCUT2D eigenvalue weighted by Crippen LogP contribution is -1.88. The highest BCUT2D eigenvalue weighted by molar-refractivity contribution is 7.07. The average Bonchev–Trinajstić information content (AvgIpc) is 3.03. The van der Waals surface area contributed by atoms with Gasteiger partial charge in [-0.2, -0.15) is 0 Å². The molecule has 3 nitrogen and oxygen atoms in total. The van der Waals surface area contributed by atoms with E-state index in [1.165, 1.54) is 0 Å². The second-order valence-corrected chi connectivity index (χ2v) is 3.56. The van der Waals surface area contributed by atoms with Crippen molar-refractivity contribution >= 4 is 17.1 Å². The van der Waals surface area contributed by atoms with E-state index < -0.39 is 0 Å². The highest BCUT2D eigenvalue weighted by Crippen LogP contribution is 1.86. The van der Waals surface area contributed by atoms with Crippen LogP contribution in [0.5, 0.6) is 0 Å². The van der Waals surface area contributed by atoms with Gasteiger partial charge < -0.3 is 4.98 Å². The Bertz CT molecular complexity index is 259. The summed E-state index contributed by atoms with van der Waals surface area (Å²) in [6.45, 7) is 3.76. The zero-order chi connectivity index (χ0) is 12.1. The molecule has 104 valence electrons. The van der Waals surface area contributed by atoms with Gasteiger partial charge in [-0.15, -0.1) is 11.3 Å². The summed E-state index contributed by atoms with van der Waals surface area (Å²) in [5.74, 6) is 0.343. The van der Waals surface area contributed by atoms with Gasteiger partial charge in [-0.25, -0.2) is 0 Å². The van der Waals surface area contributed by atoms with Crippen LogP contribution in [0.4, 0.5) is 9.41 Å². The summed E-state index contributed by atoms with van der Waals surface area (Å²) >= 11 is 1.60. The average molecular weight is 278 g/mol. The fourth-order valence-electron chi connectivity index (χ4n) is 0.703. The normalized spacial score (nSPS) is 7.22. The summed E-state index contributed by atoms with van der Waals surface area (Å²) < 4.78 is 0. The van der Waals surface area contributed by atoms with Gasteiger partial charge in [0.05, 0.1) is 5.51 Å². The number of carbonyl (C=O) groups is 1. The predicted molar refractivity (Wildman–Crippen MR) is 73.5 cm³/mol. The van der Waals surface area contributed by atoms with Crippen molar-refractivity contribution in [1.29, 1.82) is 0 Å². The van der Waals surface area contributed by atoms with Crippen LogP contribution in [0.3, 0.4) is 0 Å². The van der Waals surface area contributed by atoms with Crippen molar-refractivity contribution in [2.24, 2.45) is 0 Å². The van der Waals surface area contributed by atoms with Gasteiger partial charge in [-0.1, -0.05) is 13.8 Å². The van der Waals surface area contributed by atoms with Crippen LogP contribution in [-0.2, 0) is 4.79 Å². The number of Topliss-reactive ketones (excluding diaryl/α,β-unsaturated/α-hetero) is 1. The molecule has 2 aromatic heterocycles. The molecule has 0 aromatic carbocycles. The first kappa shape index (κ1) is 21.7. The lowest BCUT2D eigenvalue weighted by molar-refractivity contribution is -0.118. The maximum atomic E-state index is 10.2. The van der Waals surface area contributed by atoms with Crippen LogP contribution in [0, 0.1) is 0 Å². The summed E-state index contributed by atoms with van der Waals surface area (Å²) in [6, 6.07) is 3.89. The highest BCUT2D eigenvalue weighted by Gasteiger charge is 1.86. The maximum absolute atomic E-state index is 10.2. The van der Waals surface area contributed by atoms with E-state index in [1.807, 2.05) is 43.8 Å². The van der Waals surface area contributed by atoms with Crippen molar-refractivity contribution in [3.05, 3.63) is 41.6 Å². The first-order valence-electron chi connectivity index (χ1n) is 5.22. The Hall–Kier alpha value is -1.56. The molecule has 0 unspecified atom stereocenters. The van der Waals surface area contributed by atoms with E-state index in [9.17, 15) is 4.79 Å². The number of rotatable bonds is 2. The first-order valence-corrected chi connectivity index (χ1v) is 6.17. The summed E-state index contributed by atoms with van der Waals surface area (Å²) in [7, 11) is 0. The first-order chi connectivity index (χ1) is 7.81. The van der Waals surface area contributed by atoms with E-state index in [4.69, 9.17) is 0 Å². The Labute approximate surface area is 110 Å². The topological polar surface area (TPSA) is 45.8 Å². The second-order valence-electron chi connectivity index (χ2n) is 2.81. The largest absolute Gasteiger partial charge is 0.368 e. The van der Waals surface area contributed by atoms with Gasteiger partial charge in [0, 0.05) is 36.8 Å². The Morgan fingerprint density at radius 3 is 1.83 bits per heavy atom. The Morgan fingerprint density at radius 2 is 1.72 bits per heavy atom. The fourth-order valence-corrected chi connectivity index (χ4v) is 1.05. The van der Waals surface area contributed by atoms with Gasteiger partial charge in [0.2, 0.25) is 0 Å². The molecule has 0 spiro atoms. The molecule has 0 fully saturated rings. The molecule has 1 N–H and O–H groups in total. The minimum atomic E-state index is 0. The molecule has 0 saturated heterocycles. The number of halogens is 2. The molecule has 6 heteroatoms. The monoisotopic (exact) mass is 278 g/mol. The van der Waals surface area contributed by atoms with E-state index in [0.29, 0.717) is 18.6 Å². The number of ketones is 1. The zero-order valence-corrected chi connectivity index (χ0v) is 11.4. The molecule has 0 atom stereocenters. The number of hydrogen-bond donors (Lipinski definition) is 1. The Balaban J connectivity index is -0.000000178. The minimum Gasteiger partial charge on any atom is -0.368 e. The Kier molecular flexibility index (Phi) is 21.5. The van der Waals surface area contributed by atoms with Gasteiger partial charge in [0.25, 0.3) is 0 Å². The molecule has 0 saturated carbocycles. The highest BCUT2D eigenvalue weighted by atomic mass is 32.1. The molecule has 0 aliphatic carbocycles. The minimum absolute atomic E-state index is 0. The molecular weight excluding hydrogens is 258 g/mol. The number of aromatic amines is 1. The fraction of sp³-hybridized carbons (Fsp3) is 0.333. The number of H-pyrrole nitrogens is 1. The predicted octanol–water partition coefficient (Wildman–Crippen LogP) is 3.84. The Morgan fingerprint density at radius 1 is 1.17 bits per heavy atom. The van der Waals surface area contributed by atoms with Gasteiger partial charge >= 0.3 is 0 Å². The smallest absolute Gasteiger partial charge is 0.132 e. The molecule has 2 aromatic rings. The van der Waals surface area contributed by atoms with Crippen molar-refractivity contribution in [2.45, 2.75) is 26.7 Å². The molecule has 2 rings (SSSR count). The van der Waals surface area contributed by atoms with Crippen molar-refractivity contribution in [2.75, 3.05) is 0 Å². The van der Waals surface area contributed by atoms with Crippen LogP contribution in [-0.4, -0.2) is 15.8 Å². The number of carbonyl (C=O) groups excluding carboxylic acids is 1. The van der Waals surface area contributed by atoms with Crippen molar-refractivity contribution < 1.29 is 14.2 Å². The van der Waals surface area contributed by atoms with E-state index in [-0.39, 0.29) is 9.41 Å². The van der Waals surface area contributed by atoms with Gasteiger partial charge in [0.15, 0.2) is 0 Å². The van der Waals surface area contributed by atoms with Crippen LogP contribution < -0.4 is 0 Å². The molecule has 0 amide bonds. The summed E-state index contributed by atoms with van der Waals surface area (Å²) in [5.41, 5.74) is 1.79. The molecule has 0 aliphatic heterocycles. The zero-order valence-electron chi connectivity index (χ0n) is 10.5. The van der Waals surface area contributed by atoms with Crippen LogP contribution in [0.25, 0.3) is 0 Å². The summed E-state index contributed by atoms with van der Waals surface area (Å²) in [5, 5.41) is 1.93.